The summed E-state index contributed by atoms with van der Waals surface area (Å²) in [7, 11) is 1.52. The number of carbonyl (C=O) groups excluding carboxylic acids is 3. The first kappa shape index (κ1) is 21.4. The van der Waals surface area contributed by atoms with Gasteiger partial charge in [-0.2, -0.15) is 0 Å². The predicted octanol–water partition coefficient (Wildman–Crippen LogP) is 0.318. The molecule has 0 saturated carbocycles. The Hall–Kier alpha value is -3.88. The number of primary amides is 2. The van der Waals surface area contributed by atoms with Gasteiger partial charge in [0.1, 0.15) is 17.1 Å². The third-order valence-electron chi connectivity index (χ3n) is 3.92. The predicted molar refractivity (Wildman–Crippen MR) is 106 cm³/mol. The summed E-state index contributed by atoms with van der Waals surface area (Å²) in [5.41, 5.74) is 10.5. The largest absolute Gasteiger partial charge is 0.484 e. The van der Waals surface area contributed by atoms with Crippen LogP contribution < -0.4 is 26.5 Å². The van der Waals surface area contributed by atoms with Crippen molar-refractivity contribution in [3.05, 3.63) is 63.6 Å². The Morgan fingerprint density at radius 3 is 2.38 bits per heavy atom. The number of carbonyl (C=O) groups is 3. The van der Waals surface area contributed by atoms with Crippen LogP contribution in [-0.4, -0.2) is 35.4 Å². The Balaban J connectivity index is 2.31. The van der Waals surface area contributed by atoms with Gasteiger partial charge in [0.15, 0.2) is 19.0 Å². The number of allylic oxidation sites excluding steroid dienone is 1. The lowest BCUT2D eigenvalue weighted by molar-refractivity contribution is -0.120. The van der Waals surface area contributed by atoms with Crippen LogP contribution in [0.15, 0.2) is 41.2 Å². The molecule has 2 amide bonds. The van der Waals surface area contributed by atoms with E-state index in [-0.39, 0.29) is 17.9 Å². The van der Waals surface area contributed by atoms with Gasteiger partial charge in [0.05, 0.1) is 0 Å². The number of aryl methyl sites for hydroxylation is 1. The summed E-state index contributed by atoms with van der Waals surface area (Å²) in [5.74, 6) is -1.56. The highest BCUT2D eigenvalue weighted by Crippen LogP contribution is 2.19. The van der Waals surface area contributed by atoms with E-state index in [0.29, 0.717) is 17.0 Å². The number of rotatable bonds is 9. The van der Waals surface area contributed by atoms with E-state index in [9.17, 15) is 19.2 Å². The summed E-state index contributed by atoms with van der Waals surface area (Å²) in [6.45, 7) is 0.933. The third kappa shape index (κ3) is 5.80. The van der Waals surface area contributed by atoms with Crippen molar-refractivity contribution in [1.82, 2.24) is 4.57 Å². The molecule has 0 unspecified atom stereocenters. The fraction of sp³-hybridized carbons (Fsp3) is 0.200. The van der Waals surface area contributed by atoms with E-state index in [1.54, 1.807) is 31.2 Å². The van der Waals surface area contributed by atoms with Crippen LogP contribution in [0.1, 0.15) is 21.6 Å². The van der Waals surface area contributed by atoms with E-state index >= 15 is 0 Å². The van der Waals surface area contributed by atoms with Crippen molar-refractivity contribution >= 4 is 23.7 Å². The molecule has 0 fully saturated rings. The second kappa shape index (κ2) is 9.36. The summed E-state index contributed by atoms with van der Waals surface area (Å²) in [6.07, 6.45) is 2.69. The van der Waals surface area contributed by atoms with Gasteiger partial charge in [-0.05, 0) is 30.7 Å². The Labute approximate surface area is 166 Å². The van der Waals surface area contributed by atoms with Crippen LogP contribution in [0.5, 0.6) is 11.5 Å². The topological polar surface area (TPSA) is 144 Å². The second-order valence-electron chi connectivity index (χ2n) is 6.17. The lowest BCUT2D eigenvalue weighted by atomic mass is 10.1. The summed E-state index contributed by atoms with van der Waals surface area (Å²) in [6, 6.07) is 8.10. The molecule has 0 atom stereocenters. The van der Waals surface area contributed by atoms with E-state index in [0.717, 1.165) is 0 Å². The zero-order chi connectivity index (χ0) is 21.6. The number of benzene rings is 1. The monoisotopic (exact) mass is 399 g/mol. The first-order chi connectivity index (χ1) is 13.7. The average molecular weight is 399 g/mol. The van der Waals surface area contributed by atoms with Gasteiger partial charge in [0, 0.05) is 18.8 Å². The number of hydrogen-bond acceptors (Lipinski definition) is 6. The molecule has 0 aliphatic heterocycles. The molecule has 0 aliphatic rings. The zero-order valence-electron chi connectivity index (χ0n) is 16.0. The number of aromatic nitrogens is 1. The maximum atomic E-state index is 12.7. The Kier molecular flexibility index (Phi) is 6.91. The molecule has 2 aromatic rings. The van der Waals surface area contributed by atoms with E-state index in [4.69, 9.17) is 20.9 Å². The maximum Gasteiger partial charge on any atom is 0.265 e. The number of nitrogens with zero attached hydrogens (tertiary/aromatic N) is 1. The number of hydrogen-bond donors (Lipinski definition) is 2. The smallest absolute Gasteiger partial charge is 0.265 e. The van der Waals surface area contributed by atoms with Crippen LogP contribution in [0.25, 0.3) is 6.08 Å². The highest BCUT2D eigenvalue weighted by molar-refractivity contribution is 6.08. The molecule has 0 aliphatic carbocycles. The molecule has 9 heteroatoms. The highest BCUT2D eigenvalue weighted by atomic mass is 16.5. The normalized spacial score (nSPS) is 10.7. The number of ether oxygens (including phenoxy) is 2. The van der Waals surface area contributed by atoms with Crippen LogP contribution in [-0.2, 0) is 16.6 Å². The van der Waals surface area contributed by atoms with Crippen LogP contribution in [0.4, 0.5) is 0 Å². The van der Waals surface area contributed by atoms with Crippen molar-refractivity contribution in [2.45, 2.75) is 6.92 Å². The van der Waals surface area contributed by atoms with E-state index in [1.807, 2.05) is 0 Å². The highest BCUT2D eigenvalue weighted by Gasteiger charge is 2.18. The van der Waals surface area contributed by atoms with Crippen molar-refractivity contribution in [3.63, 3.8) is 0 Å². The van der Waals surface area contributed by atoms with E-state index in [1.165, 1.54) is 29.8 Å². The Morgan fingerprint density at radius 2 is 1.72 bits per heavy atom. The Bertz CT molecular complexity index is 1040. The van der Waals surface area contributed by atoms with Crippen LogP contribution >= 0.6 is 0 Å². The molecule has 0 radical (unpaired) electrons. The molecule has 1 heterocycles. The number of nitrogens with two attached hydrogens (primary N) is 2. The molecule has 1 aromatic carbocycles. The zero-order valence-corrected chi connectivity index (χ0v) is 16.0. The average Bonchev–Trinajstić information content (AvgIpc) is 2.67. The molecule has 0 spiro atoms. The molecule has 1 aromatic heterocycles. The van der Waals surface area contributed by atoms with Gasteiger partial charge in [0.25, 0.3) is 17.4 Å². The first-order valence-electron chi connectivity index (χ1n) is 8.54. The minimum Gasteiger partial charge on any atom is -0.484 e. The van der Waals surface area contributed by atoms with Crippen molar-refractivity contribution in [2.75, 3.05) is 13.2 Å². The summed E-state index contributed by atoms with van der Waals surface area (Å²) < 4.78 is 11.8. The van der Waals surface area contributed by atoms with Crippen molar-refractivity contribution < 1.29 is 23.9 Å². The molecular formula is C20H21N3O6. The van der Waals surface area contributed by atoms with Crippen molar-refractivity contribution in [2.24, 2.45) is 18.5 Å². The lowest BCUT2D eigenvalue weighted by Gasteiger charge is -2.12. The van der Waals surface area contributed by atoms with Gasteiger partial charge < -0.3 is 25.5 Å². The van der Waals surface area contributed by atoms with Crippen LogP contribution in [0.3, 0.4) is 0 Å². The minimum absolute atomic E-state index is 0.0161. The summed E-state index contributed by atoms with van der Waals surface area (Å²) in [4.78, 5) is 47.0. The molecule has 2 rings (SSSR count). The van der Waals surface area contributed by atoms with Gasteiger partial charge in [-0.3, -0.25) is 19.2 Å². The van der Waals surface area contributed by atoms with Gasteiger partial charge >= 0.3 is 0 Å². The maximum absolute atomic E-state index is 12.7. The fourth-order valence-corrected chi connectivity index (χ4v) is 2.40. The standard InChI is InChI=1S/C20H21N3O6/c1-12-8-16(29-11-18(22)26)19(20(27)23(12)2)15(24)7-6-13-4-3-5-14(9-13)28-10-17(21)25/h3-9H,10-11H2,1-2H3,(H2,21,25)(H2,22,26)/b7-6+. The number of pyridine rings is 1. The summed E-state index contributed by atoms with van der Waals surface area (Å²) in [5, 5.41) is 0. The van der Waals surface area contributed by atoms with Gasteiger partial charge in [0.2, 0.25) is 0 Å². The molecule has 0 bridgehead atoms. The quantitative estimate of drug-likeness (QED) is 0.459. The van der Waals surface area contributed by atoms with Crippen molar-refractivity contribution in [3.8, 4) is 11.5 Å². The summed E-state index contributed by atoms with van der Waals surface area (Å²) >= 11 is 0. The third-order valence-corrected chi connectivity index (χ3v) is 3.92. The van der Waals surface area contributed by atoms with Gasteiger partial charge in [-0.15, -0.1) is 0 Å². The van der Waals surface area contributed by atoms with Crippen molar-refractivity contribution in [1.29, 1.82) is 0 Å². The second-order valence-corrected chi connectivity index (χ2v) is 6.17. The first-order valence-corrected chi connectivity index (χ1v) is 8.54. The Morgan fingerprint density at radius 1 is 1.07 bits per heavy atom. The number of ketones is 1. The minimum atomic E-state index is -0.731. The van der Waals surface area contributed by atoms with E-state index < -0.39 is 29.8 Å². The molecule has 0 saturated heterocycles. The molecule has 152 valence electrons. The molecule has 29 heavy (non-hydrogen) atoms. The fourth-order valence-electron chi connectivity index (χ4n) is 2.40. The van der Waals surface area contributed by atoms with Gasteiger partial charge in [-0.1, -0.05) is 18.2 Å². The van der Waals surface area contributed by atoms with Crippen LogP contribution in [0, 0.1) is 6.92 Å². The van der Waals surface area contributed by atoms with Crippen LogP contribution in [0.2, 0.25) is 0 Å². The lowest BCUT2D eigenvalue weighted by Crippen LogP contribution is -2.28. The number of amides is 2. The molecule has 9 nitrogen and oxygen atoms in total. The van der Waals surface area contributed by atoms with E-state index in [2.05, 4.69) is 0 Å². The SMILES string of the molecule is Cc1cc(OCC(N)=O)c(C(=O)/C=C/c2cccc(OCC(N)=O)c2)c(=O)n1C. The molecular weight excluding hydrogens is 378 g/mol. The van der Waals surface area contributed by atoms with Gasteiger partial charge in [-0.25, -0.2) is 0 Å². The molecule has 4 N–H and O–H groups in total.